The summed E-state index contributed by atoms with van der Waals surface area (Å²) in [5, 5.41) is 0. The van der Waals surface area contributed by atoms with Crippen molar-refractivity contribution < 1.29 is 14.3 Å². The molecule has 0 radical (unpaired) electrons. The molecule has 0 saturated carbocycles. The van der Waals surface area contributed by atoms with E-state index in [1.807, 2.05) is 81.4 Å². The number of ether oxygens (including phenoxy) is 1. The van der Waals surface area contributed by atoms with E-state index in [0.29, 0.717) is 6.42 Å². The largest absolute Gasteiger partial charge is 0.458 e. The number of esters is 1. The summed E-state index contributed by atoms with van der Waals surface area (Å²) in [6.45, 7) is 7.00. The molecule has 0 aliphatic heterocycles. The number of aliphatic imine (C=N–C) groups is 1. The van der Waals surface area contributed by atoms with Gasteiger partial charge in [0.05, 0.1) is 5.71 Å². The van der Waals surface area contributed by atoms with Crippen LogP contribution in [0.3, 0.4) is 0 Å². The number of hydrogen-bond donors (Lipinski definition) is 0. The first kappa shape index (κ1) is 20.6. The smallest absolute Gasteiger partial charge is 0.331 e. The van der Waals surface area contributed by atoms with E-state index in [2.05, 4.69) is 0 Å². The minimum atomic E-state index is -0.733. The molecule has 0 heterocycles. The second-order valence-electron chi connectivity index (χ2n) is 7.50. The van der Waals surface area contributed by atoms with Crippen LogP contribution in [0.1, 0.15) is 51.7 Å². The van der Waals surface area contributed by atoms with Crippen molar-refractivity contribution >= 4 is 17.5 Å². The van der Waals surface area contributed by atoms with Crippen LogP contribution in [0.2, 0.25) is 0 Å². The van der Waals surface area contributed by atoms with E-state index in [9.17, 15) is 9.59 Å². The molecule has 2 aromatic rings. The lowest BCUT2D eigenvalue weighted by Gasteiger charge is -2.23. The lowest BCUT2D eigenvalue weighted by atomic mass is 10.0. The average molecular weight is 365 g/mol. The summed E-state index contributed by atoms with van der Waals surface area (Å²) in [7, 11) is 0. The van der Waals surface area contributed by atoms with Crippen LogP contribution in [-0.4, -0.2) is 29.1 Å². The molecule has 0 aliphatic carbocycles. The lowest BCUT2D eigenvalue weighted by Crippen LogP contribution is -2.32. The van der Waals surface area contributed by atoms with Gasteiger partial charge in [-0.1, -0.05) is 60.7 Å². The topological polar surface area (TPSA) is 55.7 Å². The first-order valence-electron chi connectivity index (χ1n) is 9.17. The van der Waals surface area contributed by atoms with Crippen molar-refractivity contribution in [2.45, 2.75) is 52.2 Å². The molecule has 2 rings (SSSR count). The van der Waals surface area contributed by atoms with Crippen LogP contribution in [0.25, 0.3) is 0 Å². The van der Waals surface area contributed by atoms with Gasteiger partial charge >= 0.3 is 5.97 Å². The Labute approximate surface area is 161 Å². The predicted molar refractivity (Wildman–Crippen MR) is 108 cm³/mol. The number of ketones is 1. The fraction of sp³-hybridized carbons (Fsp3) is 0.348. The SMILES string of the molecule is CC(=O)CC[C@@H](N=C(c1ccccc1)c1ccccc1)C(=O)OC(C)(C)C. The van der Waals surface area contributed by atoms with Gasteiger partial charge in [0.25, 0.3) is 0 Å². The minimum Gasteiger partial charge on any atom is -0.458 e. The van der Waals surface area contributed by atoms with Crippen molar-refractivity contribution in [3.05, 3.63) is 71.8 Å². The van der Waals surface area contributed by atoms with Crippen molar-refractivity contribution in [1.82, 2.24) is 0 Å². The molecule has 0 bridgehead atoms. The van der Waals surface area contributed by atoms with Crippen LogP contribution >= 0.6 is 0 Å². The molecule has 0 saturated heterocycles. The zero-order valence-electron chi connectivity index (χ0n) is 16.4. The third-order valence-corrected chi connectivity index (χ3v) is 3.83. The zero-order chi connectivity index (χ0) is 19.9. The molecule has 142 valence electrons. The van der Waals surface area contributed by atoms with Gasteiger partial charge in [-0.05, 0) is 34.1 Å². The number of Topliss-reactive ketones (excluding diaryl/α,β-unsaturated/α-hetero) is 1. The molecular formula is C23H27NO3. The molecular weight excluding hydrogens is 338 g/mol. The highest BCUT2D eigenvalue weighted by Crippen LogP contribution is 2.17. The van der Waals surface area contributed by atoms with E-state index in [1.165, 1.54) is 6.92 Å². The molecule has 27 heavy (non-hydrogen) atoms. The van der Waals surface area contributed by atoms with Crippen molar-refractivity contribution in [1.29, 1.82) is 0 Å². The number of hydrogen-bond acceptors (Lipinski definition) is 4. The number of benzene rings is 2. The van der Waals surface area contributed by atoms with Gasteiger partial charge in [0.1, 0.15) is 17.4 Å². The van der Waals surface area contributed by atoms with Gasteiger partial charge < -0.3 is 9.53 Å². The van der Waals surface area contributed by atoms with Gasteiger partial charge in [-0.3, -0.25) is 4.99 Å². The maximum Gasteiger partial charge on any atom is 0.331 e. The first-order valence-corrected chi connectivity index (χ1v) is 9.17. The van der Waals surface area contributed by atoms with Gasteiger partial charge in [-0.2, -0.15) is 0 Å². The van der Waals surface area contributed by atoms with Crippen LogP contribution in [0.15, 0.2) is 65.7 Å². The third kappa shape index (κ3) is 6.81. The van der Waals surface area contributed by atoms with Gasteiger partial charge in [-0.25, -0.2) is 4.79 Å². The Bertz CT molecular complexity index is 748. The normalized spacial score (nSPS) is 12.1. The molecule has 4 heteroatoms. The lowest BCUT2D eigenvalue weighted by molar-refractivity contribution is -0.156. The molecule has 0 aromatic heterocycles. The highest BCUT2D eigenvalue weighted by molar-refractivity contribution is 6.13. The molecule has 0 fully saturated rings. The van der Waals surface area contributed by atoms with Crippen LogP contribution in [0, 0.1) is 0 Å². The summed E-state index contributed by atoms with van der Waals surface area (Å²) in [4.78, 5) is 29.0. The first-order chi connectivity index (χ1) is 12.8. The monoisotopic (exact) mass is 365 g/mol. The Balaban J connectivity index is 2.46. The van der Waals surface area contributed by atoms with Crippen molar-refractivity contribution in [2.24, 2.45) is 4.99 Å². The molecule has 0 N–H and O–H groups in total. The molecule has 2 aromatic carbocycles. The van der Waals surface area contributed by atoms with E-state index in [4.69, 9.17) is 9.73 Å². The average Bonchev–Trinajstić information content (AvgIpc) is 2.61. The molecule has 0 unspecified atom stereocenters. The van der Waals surface area contributed by atoms with Crippen LogP contribution < -0.4 is 0 Å². The van der Waals surface area contributed by atoms with Crippen LogP contribution in [0.4, 0.5) is 0 Å². The predicted octanol–water partition coefficient (Wildman–Crippen LogP) is 4.60. The molecule has 1 atom stereocenters. The summed E-state index contributed by atoms with van der Waals surface area (Å²) in [6.07, 6.45) is 0.609. The molecule has 0 aliphatic rings. The van der Waals surface area contributed by atoms with Gasteiger partial charge in [0.15, 0.2) is 0 Å². The van der Waals surface area contributed by atoms with E-state index in [1.54, 1.807) is 0 Å². The summed E-state index contributed by atoms with van der Waals surface area (Å²) < 4.78 is 5.55. The second-order valence-corrected chi connectivity index (χ2v) is 7.50. The minimum absolute atomic E-state index is 0.0275. The number of carbonyl (C=O) groups excluding carboxylic acids is 2. The Morgan fingerprint density at radius 1 is 0.926 bits per heavy atom. The highest BCUT2D eigenvalue weighted by atomic mass is 16.6. The number of rotatable bonds is 7. The fourth-order valence-corrected chi connectivity index (χ4v) is 2.61. The zero-order valence-corrected chi connectivity index (χ0v) is 16.4. The van der Waals surface area contributed by atoms with Gasteiger partial charge in [0, 0.05) is 17.5 Å². The maximum atomic E-state index is 12.7. The van der Waals surface area contributed by atoms with E-state index < -0.39 is 17.6 Å². The van der Waals surface area contributed by atoms with E-state index >= 15 is 0 Å². The Hall–Kier alpha value is -2.75. The van der Waals surface area contributed by atoms with Crippen LogP contribution in [0.5, 0.6) is 0 Å². The summed E-state index contributed by atoms with van der Waals surface area (Å²) in [5.41, 5.74) is 1.94. The second kappa shape index (κ2) is 9.26. The Kier molecular flexibility index (Phi) is 7.05. The summed E-state index contributed by atoms with van der Waals surface area (Å²) in [5.74, 6) is -0.382. The quantitative estimate of drug-likeness (QED) is 0.532. The van der Waals surface area contributed by atoms with E-state index in [-0.39, 0.29) is 12.2 Å². The van der Waals surface area contributed by atoms with Crippen molar-refractivity contribution in [3.63, 3.8) is 0 Å². The standard InChI is InChI=1S/C23H27NO3/c1-17(25)15-16-20(22(26)27-23(2,3)4)24-21(18-11-7-5-8-12-18)19-13-9-6-10-14-19/h5-14,20H,15-16H2,1-4H3/t20-/m1/s1. The molecule has 0 spiro atoms. The van der Waals surface area contributed by atoms with Crippen molar-refractivity contribution in [2.75, 3.05) is 0 Å². The Morgan fingerprint density at radius 2 is 1.41 bits per heavy atom. The number of carbonyl (C=O) groups is 2. The van der Waals surface area contributed by atoms with Crippen molar-refractivity contribution in [3.8, 4) is 0 Å². The fourth-order valence-electron chi connectivity index (χ4n) is 2.61. The molecule has 4 nitrogen and oxygen atoms in total. The Morgan fingerprint density at radius 3 is 1.81 bits per heavy atom. The van der Waals surface area contributed by atoms with Crippen LogP contribution in [-0.2, 0) is 14.3 Å². The summed E-state index contributed by atoms with van der Waals surface area (Å²) in [6, 6.07) is 18.7. The molecule has 0 amide bonds. The van der Waals surface area contributed by atoms with Gasteiger partial charge in [-0.15, -0.1) is 0 Å². The van der Waals surface area contributed by atoms with Gasteiger partial charge in [0.2, 0.25) is 0 Å². The summed E-state index contributed by atoms with van der Waals surface area (Å²) >= 11 is 0. The number of nitrogens with zero attached hydrogens (tertiary/aromatic N) is 1. The maximum absolute atomic E-state index is 12.7. The highest BCUT2D eigenvalue weighted by Gasteiger charge is 2.26. The third-order valence-electron chi connectivity index (χ3n) is 3.83. The van der Waals surface area contributed by atoms with E-state index in [0.717, 1.165) is 16.8 Å².